The van der Waals surface area contributed by atoms with Gasteiger partial charge in [0.05, 0.1) is 0 Å². The number of hydrogen-bond donors (Lipinski definition) is 3. The fourth-order valence-electron chi connectivity index (χ4n) is 2.82. The number of aromatic nitrogens is 1. The summed E-state index contributed by atoms with van der Waals surface area (Å²) in [7, 11) is 1.93. The third kappa shape index (κ3) is 3.35. The van der Waals surface area contributed by atoms with Crippen LogP contribution < -0.4 is 16.4 Å². The van der Waals surface area contributed by atoms with E-state index in [4.69, 9.17) is 5.73 Å². The molecule has 1 aliphatic carbocycles. The van der Waals surface area contributed by atoms with Crippen molar-refractivity contribution < 1.29 is 4.79 Å². The number of carbonyl (C=O) groups excluding carboxylic acids is 1. The lowest BCUT2D eigenvalue weighted by atomic mass is 9.73. The normalized spacial score (nSPS) is 27.9. The minimum absolute atomic E-state index is 0.0592. The van der Waals surface area contributed by atoms with E-state index in [9.17, 15) is 4.79 Å². The summed E-state index contributed by atoms with van der Waals surface area (Å²) in [6, 6.07) is 3.88. The smallest absolute Gasteiger partial charge is 0.227 e. The summed E-state index contributed by atoms with van der Waals surface area (Å²) in [4.78, 5) is 16.2. The maximum absolute atomic E-state index is 12.2. The van der Waals surface area contributed by atoms with Gasteiger partial charge in [-0.25, -0.2) is 0 Å². The van der Waals surface area contributed by atoms with E-state index in [0.717, 1.165) is 31.4 Å². The zero-order chi connectivity index (χ0) is 14.6. The topological polar surface area (TPSA) is 80.0 Å². The highest BCUT2D eigenvalue weighted by molar-refractivity contribution is 5.92. The van der Waals surface area contributed by atoms with Crippen molar-refractivity contribution in [2.24, 2.45) is 11.7 Å². The van der Waals surface area contributed by atoms with Crippen LogP contribution in [0, 0.1) is 5.92 Å². The first-order valence-corrected chi connectivity index (χ1v) is 7.22. The summed E-state index contributed by atoms with van der Waals surface area (Å²) in [6.45, 7) is 2.11. The number of hydrogen-bond acceptors (Lipinski definition) is 4. The van der Waals surface area contributed by atoms with Crippen molar-refractivity contribution in [1.82, 2.24) is 10.3 Å². The van der Waals surface area contributed by atoms with Gasteiger partial charge in [0.1, 0.15) is 0 Å². The van der Waals surface area contributed by atoms with Crippen molar-refractivity contribution in [3.63, 3.8) is 0 Å². The molecule has 0 aromatic carbocycles. The summed E-state index contributed by atoms with van der Waals surface area (Å²) in [5.41, 5.74) is 7.04. The molecular formula is C15H24N4O. The van der Waals surface area contributed by atoms with Crippen LogP contribution >= 0.6 is 0 Å². The van der Waals surface area contributed by atoms with E-state index in [-0.39, 0.29) is 23.4 Å². The van der Waals surface area contributed by atoms with Crippen LogP contribution in [-0.2, 0) is 4.79 Å². The third-order valence-electron chi connectivity index (χ3n) is 4.53. The van der Waals surface area contributed by atoms with Gasteiger partial charge < -0.3 is 16.4 Å². The summed E-state index contributed by atoms with van der Waals surface area (Å²) >= 11 is 0. The number of anilines is 1. The molecule has 0 spiro atoms. The Balaban J connectivity index is 1.89. The van der Waals surface area contributed by atoms with Crippen molar-refractivity contribution in [3.05, 3.63) is 24.5 Å². The number of carbonyl (C=O) groups is 1. The molecule has 1 aromatic heterocycles. The van der Waals surface area contributed by atoms with Crippen molar-refractivity contribution >= 4 is 11.6 Å². The maximum Gasteiger partial charge on any atom is 0.227 e. The van der Waals surface area contributed by atoms with Crippen LogP contribution in [0.25, 0.3) is 0 Å². The first-order valence-electron chi connectivity index (χ1n) is 7.22. The summed E-state index contributed by atoms with van der Waals surface area (Å²) in [6.07, 6.45) is 6.80. The highest BCUT2D eigenvalue weighted by Gasteiger charge is 2.37. The summed E-state index contributed by atoms with van der Waals surface area (Å²) in [5.74, 6) is 0.152. The molecule has 1 atom stereocenters. The van der Waals surface area contributed by atoms with Gasteiger partial charge >= 0.3 is 0 Å². The van der Waals surface area contributed by atoms with Gasteiger partial charge in [-0.3, -0.25) is 9.78 Å². The number of amides is 1. The molecule has 1 heterocycles. The number of nitrogens with one attached hydrogen (secondary N) is 2. The fraction of sp³-hybridized carbons (Fsp3) is 0.600. The number of rotatable bonds is 4. The van der Waals surface area contributed by atoms with E-state index in [2.05, 4.69) is 22.5 Å². The molecule has 0 unspecified atom stereocenters. The highest BCUT2D eigenvalue weighted by atomic mass is 16.1. The van der Waals surface area contributed by atoms with Crippen LogP contribution in [0.1, 0.15) is 32.6 Å². The lowest BCUT2D eigenvalue weighted by Crippen LogP contribution is -2.57. The van der Waals surface area contributed by atoms with E-state index in [0.29, 0.717) is 0 Å². The molecule has 1 aliphatic rings. The molecule has 110 valence electrons. The zero-order valence-corrected chi connectivity index (χ0v) is 12.2. The van der Waals surface area contributed by atoms with Crippen molar-refractivity contribution in [1.29, 1.82) is 0 Å². The van der Waals surface area contributed by atoms with Gasteiger partial charge in [0.2, 0.25) is 5.91 Å². The Kier molecular flexibility index (Phi) is 4.73. The van der Waals surface area contributed by atoms with Crippen LogP contribution in [0.4, 0.5) is 5.69 Å². The largest absolute Gasteiger partial charge is 0.326 e. The molecule has 0 bridgehead atoms. The summed E-state index contributed by atoms with van der Waals surface area (Å²) in [5, 5.41) is 6.17. The Morgan fingerprint density at radius 3 is 2.55 bits per heavy atom. The lowest BCUT2D eigenvalue weighted by Gasteiger charge is -2.41. The molecule has 0 saturated heterocycles. The number of pyridine rings is 1. The highest BCUT2D eigenvalue weighted by Crippen LogP contribution is 2.33. The molecular weight excluding hydrogens is 252 g/mol. The quantitative estimate of drug-likeness (QED) is 0.779. The van der Waals surface area contributed by atoms with Crippen LogP contribution in [0.3, 0.4) is 0 Å². The molecule has 1 saturated carbocycles. The number of nitrogens with two attached hydrogens (primary N) is 1. The average molecular weight is 276 g/mol. The Hall–Kier alpha value is -1.46. The Labute approximate surface area is 120 Å². The zero-order valence-electron chi connectivity index (χ0n) is 12.2. The molecule has 4 N–H and O–H groups in total. The average Bonchev–Trinajstić information content (AvgIpc) is 2.48. The Bertz CT molecular complexity index is 440. The third-order valence-corrected chi connectivity index (χ3v) is 4.53. The predicted octanol–water partition coefficient (Wildman–Crippen LogP) is 1.52. The lowest BCUT2D eigenvalue weighted by molar-refractivity contribution is -0.121. The van der Waals surface area contributed by atoms with Gasteiger partial charge in [-0.15, -0.1) is 0 Å². The van der Waals surface area contributed by atoms with Crippen molar-refractivity contribution in [2.75, 3.05) is 12.4 Å². The van der Waals surface area contributed by atoms with Crippen LogP contribution in [-0.4, -0.2) is 29.5 Å². The second kappa shape index (κ2) is 6.33. The molecule has 5 nitrogen and oxygen atoms in total. The van der Waals surface area contributed by atoms with Gasteiger partial charge in [0.25, 0.3) is 0 Å². The maximum atomic E-state index is 12.2. The summed E-state index contributed by atoms with van der Waals surface area (Å²) < 4.78 is 0. The van der Waals surface area contributed by atoms with Crippen molar-refractivity contribution in [2.45, 2.75) is 44.2 Å². The first kappa shape index (κ1) is 14.9. The Morgan fingerprint density at radius 2 is 2.00 bits per heavy atom. The van der Waals surface area contributed by atoms with Gasteiger partial charge in [-0.2, -0.15) is 0 Å². The second-order valence-electron chi connectivity index (χ2n) is 5.74. The SMILES string of the molecule is CN[C@H](C)C1(N)CCC(C(=O)Nc2ccncc2)CC1. The minimum atomic E-state index is -0.192. The second-order valence-corrected chi connectivity index (χ2v) is 5.74. The molecule has 0 aliphatic heterocycles. The van der Waals surface area contributed by atoms with Crippen molar-refractivity contribution in [3.8, 4) is 0 Å². The van der Waals surface area contributed by atoms with E-state index in [1.165, 1.54) is 0 Å². The van der Waals surface area contributed by atoms with Crippen LogP contribution in [0.15, 0.2) is 24.5 Å². The van der Waals surface area contributed by atoms with Gasteiger partial charge in [-0.05, 0) is 51.8 Å². The first-order chi connectivity index (χ1) is 9.55. The molecule has 20 heavy (non-hydrogen) atoms. The molecule has 2 rings (SSSR count). The van der Waals surface area contributed by atoms with Crippen LogP contribution in [0.2, 0.25) is 0 Å². The number of nitrogens with zero attached hydrogens (tertiary/aromatic N) is 1. The fourth-order valence-corrected chi connectivity index (χ4v) is 2.82. The minimum Gasteiger partial charge on any atom is -0.326 e. The van der Waals surface area contributed by atoms with Gasteiger partial charge in [0, 0.05) is 35.6 Å². The van der Waals surface area contributed by atoms with E-state index in [1.807, 2.05) is 7.05 Å². The van der Waals surface area contributed by atoms with E-state index >= 15 is 0 Å². The van der Waals surface area contributed by atoms with E-state index in [1.54, 1.807) is 24.5 Å². The molecule has 1 aromatic rings. The van der Waals surface area contributed by atoms with E-state index < -0.39 is 0 Å². The number of likely N-dealkylation sites (N-methyl/N-ethyl adjacent to an activating group) is 1. The molecule has 5 heteroatoms. The van der Waals surface area contributed by atoms with Crippen LogP contribution in [0.5, 0.6) is 0 Å². The van der Waals surface area contributed by atoms with Gasteiger partial charge in [0.15, 0.2) is 0 Å². The molecule has 1 fully saturated rings. The Morgan fingerprint density at radius 1 is 1.40 bits per heavy atom. The molecule has 1 amide bonds. The molecule has 0 radical (unpaired) electrons. The van der Waals surface area contributed by atoms with Gasteiger partial charge in [-0.1, -0.05) is 0 Å². The standard InChI is InChI=1S/C15H24N4O/c1-11(17-2)15(16)7-3-12(4-8-15)14(20)19-13-5-9-18-10-6-13/h5-6,9-12,17H,3-4,7-8,16H2,1-2H3,(H,18,19,20)/t11-,12?,15?/m1/s1. The monoisotopic (exact) mass is 276 g/mol. The predicted molar refractivity (Wildman–Crippen MR) is 80.3 cm³/mol.